The average molecular weight is 332 g/mol. The summed E-state index contributed by atoms with van der Waals surface area (Å²) in [5.74, 6) is 0.659. The fourth-order valence-corrected chi connectivity index (χ4v) is 3.39. The Kier molecular flexibility index (Phi) is 6.62. The second-order valence-electron chi connectivity index (χ2n) is 5.27. The topological polar surface area (TPSA) is 21.7 Å². The molecule has 1 fully saturated rings. The summed E-state index contributed by atoms with van der Waals surface area (Å²) in [5, 5.41) is 1.15. The van der Waals surface area contributed by atoms with E-state index >= 15 is 0 Å². The molecule has 0 bridgehead atoms. The monoisotopic (exact) mass is 331 g/mol. The zero-order chi connectivity index (χ0) is 15.2. The van der Waals surface area contributed by atoms with Crippen molar-refractivity contribution in [2.75, 3.05) is 19.7 Å². The molecule has 21 heavy (non-hydrogen) atoms. The van der Waals surface area contributed by atoms with E-state index in [2.05, 4.69) is 11.8 Å². The zero-order valence-electron chi connectivity index (χ0n) is 12.6. The lowest BCUT2D eigenvalue weighted by molar-refractivity contribution is -0.0894. The van der Waals surface area contributed by atoms with E-state index in [9.17, 15) is 0 Å². The molecule has 0 saturated carbocycles. The van der Waals surface area contributed by atoms with Gasteiger partial charge in [0.05, 0.1) is 0 Å². The van der Waals surface area contributed by atoms with Gasteiger partial charge < -0.3 is 14.4 Å². The van der Waals surface area contributed by atoms with Crippen LogP contribution >= 0.6 is 23.2 Å². The Morgan fingerprint density at radius 1 is 1.24 bits per heavy atom. The first-order chi connectivity index (χ1) is 10.1. The predicted molar refractivity (Wildman–Crippen MR) is 87.4 cm³/mol. The van der Waals surface area contributed by atoms with Gasteiger partial charge in [0.2, 0.25) is 6.29 Å². The van der Waals surface area contributed by atoms with Crippen LogP contribution in [-0.2, 0) is 4.74 Å². The SMILES string of the molecule is CCOC(CC1CCCN1CC)Oc1cc(Cl)cc(Cl)c1. The molecule has 0 N–H and O–H groups in total. The Morgan fingerprint density at radius 3 is 2.57 bits per heavy atom. The smallest absolute Gasteiger partial charge is 0.201 e. The number of benzene rings is 1. The number of hydrogen-bond acceptors (Lipinski definition) is 3. The molecule has 1 aliphatic rings. The summed E-state index contributed by atoms with van der Waals surface area (Å²) in [7, 11) is 0. The van der Waals surface area contributed by atoms with Gasteiger partial charge in [0, 0.05) is 29.1 Å². The van der Waals surface area contributed by atoms with Gasteiger partial charge in [0.25, 0.3) is 0 Å². The van der Waals surface area contributed by atoms with Gasteiger partial charge in [-0.1, -0.05) is 30.1 Å². The number of rotatable bonds is 7. The van der Waals surface area contributed by atoms with E-state index in [1.165, 1.54) is 19.4 Å². The van der Waals surface area contributed by atoms with Gasteiger partial charge in [-0.05, 0) is 51.1 Å². The summed E-state index contributed by atoms with van der Waals surface area (Å²) in [4.78, 5) is 2.49. The maximum atomic E-state index is 6.01. The molecular weight excluding hydrogens is 309 g/mol. The predicted octanol–water partition coefficient (Wildman–Crippen LogP) is 4.61. The molecule has 5 heteroatoms. The van der Waals surface area contributed by atoms with E-state index in [1.807, 2.05) is 6.92 Å². The van der Waals surface area contributed by atoms with E-state index in [0.717, 1.165) is 13.0 Å². The third-order valence-electron chi connectivity index (χ3n) is 3.83. The minimum atomic E-state index is -0.262. The van der Waals surface area contributed by atoms with E-state index < -0.39 is 0 Å². The highest BCUT2D eigenvalue weighted by atomic mass is 35.5. The van der Waals surface area contributed by atoms with Crippen molar-refractivity contribution in [1.29, 1.82) is 0 Å². The van der Waals surface area contributed by atoms with Gasteiger partial charge in [-0.2, -0.15) is 0 Å². The highest BCUT2D eigenvalue weighted by Crippen LogP contribution is 2.27. The van der Waals surface area contributed by atoms with Crippen molar-refractivity contribution in [3.63, 3.8) is 0 Å². The highest BCUT2D eigenvalue weighted by molar-refractivity contribution is 6.34. The molecule has 2 rings (SSSR count). The first-order valence-electron chi connectivity index (χ1n) is 7.60. The van der Waals surface area contributed by atoms with Crippen molar-refractivity contribution in [1.82, 2.24) is 4.90 Å². The molecule has 2 unspecified atom stereocenters. The summed E-state index contributed by atoms with van der Waals surface area (Å²) in [6.45, 7) is 7.05. The van der Waals surface area contributed by atoms with Crippen molar-refractivity contribution >= 4 is 23.2 Å². The first-order valence-corrected chi connectivity index (χ1v) is 8.36. The molecule has 118 valence electrons. The van der Waals surface area contributed by atoms with Gasteiger partial charge in [-0.25, -0.2) is 0 Å². The molecule has 0 aromatic heterocycles. The molecule has 0 spiro atoms. The summed E-state index contributed by atoms with van der Waals surface area (Å²) in [6.07, 6.45) is 3.06. The molecule has 0 aliphatic carbocycles. The third kappa shape index (κ3) is 5.03. The van der Waals surface area contributed by atoms with Gasteiger partial charge >= 0.3 is 0 Å². The van der Waals surface area contributed by atoms with Crippen LogP contribution in [0.5, 0.6) is 5.75 Å². The Labute approximate surface area is 137 Å². The second-order valence-corrected chi connectivity index (χ2v) is 6.14. The third-order valence-corrected chi connectivity index (χ3v) is 4.26. The molecule has 0 radical (unpaired) electrons. The fourth-order valence-electron chi connectivity index (χ4n) is 2.88. The first kappa shape index (κ1) is 16.9. The lowest BCUT2D eigenvalue weighted by atomic mass is 10.1. The summed E-state index contributed by atoms with van der Waals surface area (Å²) < 4.78 is 11.7. The van der Waals surface area contributed by atoms with Crippen molar-refractivity contribution in [3.8, 4) is 5.75 Å². The van der Waals surface area contributed by atoms with E-state index in [1.54, 1.807) is 18.2 Å². The molecule has 1 aliphatic heterocycles. The van der Waals surface area contributed by atoms with Crippen molar-refractivity contribution in [3.05, 3.63) is 28.2 Å². The lowest BCUT2D eigenvalue weighted by Crippen LogP contribution is -2.35. The Morgan fingerprint density at radius 2 is 1.95 bits per heavy atom. The molecule has 1 heterocycles. The van der Waals surface area contributed by atoms with E-state index in [4.69, 9.17) is 32.7 Å². The van der Waals surface area contributed by atoms with Gasteiger partial charge in [-0.3, -0.25) is 0 Å². The van der Waals surface area contributed by atoms with Crippen LogP contribution in [-0.4, -0.2) is 36.9 Å². The summed E-state index contributed by atoms with van der Waals surface area (Å²) in [5.41, 5.74) is 0. The van der Waals surface area contributed by atoms with Crippen LogP contribution in [0.1, 0.15) is 33.1 Å². The summed E-state index contributed by atoms with van der Waals surface area (Å²) in [6, 6.07) is 5.76. The molecule has 2 atom stereocenters. The standard InChI is InChI=1S/C16H23Cl2NO2/c1-3-19-7-5-6-14(19)11-16(20-4-2)21-15-9-12(17)8-13(18)10-15/h8-10,14,16H,3-7,11H2,1-2H3. The van der Waals surface area contributed by atoms with Crippen LogP contribution in [0.3, 0.4) is 0 Å². The van der Waals surface area contributed by atoms with Crippen LogP contribution in [0, 0.1) is 0 Å². The van der Waals surface area contributed by atoms with Gasteiger partial charge in [0.15, 0.2) is 0 Å². The largest absolute Gasteiger partial charge is 0.465 e. The van der Waals surface area contributed by atoms with Crippen LogP contribution in [0.4, 0.5) is 0 Å². The number of nitrogens with zero attached hydrogens (tertiary/aromatic N) is 1. The molecule has 1 saturated heterocycles. The zero-order valence-corrected chi connectivity index (χ0v) is 14.2. The van der Waals surface area contributed by atoms with E-state index in [0.29, 0.717) is 28.4 Å². The Balaban J connectivity index is 2.01. The van der Waals surface area contributed by atoms with Gasteiger partial charge in [0.1, 0.15) is 5.75 Å². The molecule has 1 aromatic rings. The quantitative estimate of drug-likeness (QED) is 0.681. The van der Waals surface area contributed by atoms with Crippen LogP contribution in [0.15, 0.2) is 18.2 Å². The average Bonchev–Trinajstić information content (AvgIpc) is 2.85. The van der Waals surface area contributed by atoms with Gasteiger partial charge in [-0.15, -0.1) is 0 Å². The van der Waals surface area contributed by atoms with Crippen molar-refractivity contribution in [2.24, 2.45) is 0 Å². The Hall–Kier alpha value is -0.480. The molecule has 3 nitrogen and oxygen atoms in total. The number of hydrogen-bond donors (Lipinski definition) is 0. The molecular formula is C16H23Cl2NO2. The minimum Gasteiger partial charge on any atom is -0.465 e. The molecule has 0 amide bonds. The maximum absolute atomic E-state index is 6.01. The number of likely N-dealkylation sites (tertiary alicyclic amines) is 1. The maximum Gasteiger partial charge on any atom is 0.201 e. The number of ether oxygens (including phenoxy) is 2. The van der Waals surface area contributed by atoms with Crippen LogP contribution in [0.25, 0.3) is 0 Å². The fraction of sp³-hybridized carbons (Fsp3) is 0.625. The molecule has 1 aromatic carbocycles. The Bertz CT molecular complexity index is 436. The second kappa shape index (κ2) is 8.23. The van der Waals surface area contributed by atoms with E-state index in [-0.39, 0.29) is 6.29 Å². The normalized spacial score (nSPS) is 20.7. The minimum absolute atomic E-state index is 0.262. The van der Waals surface area contributed by atoms with Crippen molar-refractivity contribution in [2.45, 2.75) is 45.4 Å². The number of halogens is 2. The van der Waals surface area contributed by atoms with Crippen molar-refractivity contribution < 1.29 is 9.47 Å². The summed E-state index contributed by atoms with van der Waals surface area (Å²) >= 11 is 12.0. The highest BCUT2D eigenvalue weighted by Gasteiger charge is 2.27. The van der Waals surface area contributed by atoms with Crippen LogP contribution < -0.4 is 4.74 Å². The van der Waals surface area contributed by atoms with Crippen LogP contribution in [0.2, 0.25) is 10.0 Å². The lowest BCUT2D eigenvalue weighted by Gasteiger charge is -2.27.